The van der Waals surface area contributed by atoms with Gasteiger partial charge in [0.05, 0.1) is 13.2 Å². The van der Waals surface area contributed by atoms with Crippen molar-refractivity contribution >= 4 is 5.97 Å². The topological polar surface area (TPSA) is 55.8 Å². The van der Waals surface area contributed by atoms with Crippen molar-refractivity contribution in [1.82, 2.24) is 0 Å². The van der Waals surface area contributed by atoms with Gasteiger partial charge in [-0.1, -0.05) is 6.58 Å². The fraction of sp³-hybridized carbons (Fsp3) is 0.786. The van der Waals surface area contributed by atoms with E-state index in [1.54, 1.807) is 0 Å². The number of alkyl halides is 12. The Morgan fingerprint density at radius 3 is 1.83 bits per heavy atom. The first-order valence-corrected chi connectivity index (χ1v) is 7.55. The highest BCUT2D eigenvalue weighted by molar-refractivity contribution is 5.81. The fourth-order valence-corrected chi connectivity index (χ4v) is 1.66. The number of aliphatic hydroxyl groups is 1. The van der Waals surface area contributed by atoms with Gasteiger partial charge in [0.25, 0.3) is 0 Å². The van der Waals surface area contributed by atoms with Gasteiger partial charge in [-0.3, -0.25) is 0 Å². The van der Waals surface area contributed by atoms with Crippen molar-refractivity contribution in [3.63, 3.8) is 0 Å². The van der Waals surface area contributed by atoms with E-state index in [0.717, 1.165) is 0 Å². The Kier molecular flexibility index (Phi) is 9.07. The van der Waals surface area contributed by atoms with Gasteiger partial charge in [-0.25, -0.2) is 13.6 Å². The fourth-order valence-electron chi connectivity index (χ4n) is 1.66. The molecule has 0 aliphatic rings. The monoisotopic (exact) mass is 474 g/mol. The molecule has 4 nitrogen and oxygen atoms in total. The summed E-state index contributed by atoms with van der Waals surface area (Å²) in [5.41, 5.74) is 0. The van der Waals surface area contributed by atoms with Gasteiger partial charge in [-0.05, 0) is 0 Å². The van der Waals surface area contributed by atoms with Crippen molar-refractivity contribution in [3.05, 3.63) is 12.7 Å². The summed E-state index contributed by atoms with van der Waals surface area (Å²) in [6.45, 7) is 0.628. The molecule has 1 N–H and O–H groups in total. The summed E-state index contributed by atoms with van der Waals surface area (Å²) in [6, 6.07) is 0. The predicted molar refractivity (Wildman–Crippen MR) is 73.1 cm³/mol. The van der Waals surface area contributed by atoms with E-state index in [9.17, 15) is 57.5 Å². The molecule has 0 heterocycles. The Labute approximate surface area is 160 Å². The van der Waals surface area contributed by atoms with Crippen LogP contribution in [0.25, 0.3) is 0 Å². The smallest absolute Gasteiger partial charge is 0.384 e. The molecule has 0 aliphatic carbocycles. The van der Waals surface area contributed by atoms with Crippen LogP contribution in [0.2, 0.25) is 0 Å². The minimum Gasteiger partial charge on any atom is -0.433 e. The lowest BCUT2D eigenvalue weighted by molar-refractivity contribution is -0.413. The number of halogens is 12. The maximum atomic E-state index is 13.4. The van der Waals surface area contributed by atoms with E-state index in [0.29, 0.717) is 6.08 Å². The third-order valence-corrected chi connectivity index (χ3v) is 3.43. The molecule has 0 saturated carbocycles. The van der Waals surface area contributed by atoms with Crippen LogP contribution in [0.5, 0.6) is 0 Å². The van der Waals surface area contributed by atoms with Crippen molar-refractivity contribution in [1.29, 1.82) is 0 Å². The average molecular weight is 474 g/mol. The average Bonchev–Trinajstić information content (AvgIpc) is 2.60. The van der Waals surface area contributed by atoms with Gasteiger partial charge in [-0.15, -0.1) is 0 Å². The Morgan fingerprint density at radius 2 is 1.40 bits per heavy atom. The maximum absolute atomic E-state index is 13.4. The molecule has 0 aromatic rings. The number of ether oxygens (including phenoxy) is 2. The van der Waals surface area contributed by atoms with Gasteiger partial charge >= 0.3 is 42.0 Å². The molecule has 30 heavy (non-hydrogen) atoms. The molecule has 0 saturated heterocycles. The third kappa shape index (κ3) is 5.50. The first kappa shape index (κ1) is 28.3. The lowest BCUT2D eigenvalue weighted by Crippen LogP contribution is -2.68. The van der Waals surface area contributed by atoms with Crippen LogP contribution < -0.4 is 0 Å². The van der Waals surface area contributed by atoms with Crippen molar-refractivity contribution in [2.45, 2.75) is 55.2 Å². The van der Waals surface area contributed by atoms with Gasteiger partial charge < -0.3 is 14.6 Å². The molecular weight excluding hydrogens is 460 g/mol. The first-order chi connectivity index (χ1) is 13.3. The molecule has 1 unspecified atom stereocenters. The van der Waals surface area contributed by atoms with E-state index in [4.69, 9.17) is 5.11 Å². The molecule has 178 valence electrons. The SMILES string of the molecule is C=CC(=O)OC(O)CCOCCC(F)(F)C(F)(F)C(F)(F)C(F)(F)C(F)(F)C(F)F. The number of aliphatic hydroxyl groups excluding tert-OH is 1. The molecule has 16 heteroatoms. The Morgan fingerprint density at radius 1 is 0.900 bits per heavy atom. The summed E-state index contributed by atoms with van der Waals surface area (Å²) < 4.78 is 164. The molecule has 0 fully saturated rings. The molecule has 0 amide bonds. The van der Waals surface area contributed by atoms with Gasteiger partial charge in [0, 0.05) is 18.9 Å². The maximum Gasteiger partial charge on any atom is 0.384 e. The second kappa shape index (κ2) is 9.62. The van der Waals surface area contributed by atoms with E-state index in [2.05, 4.69) is 16.1 Å². The number of carbonyl (C=O) groups is 1. The van der Waals surface area contributed by atoms with Crippen LogP contribution in [-0.4, -0.2) is 66.6 Å². The summed E-state index contributed by atoms with van der Waals surface area (Å²) in [4.78, 5) is 10.7. The van der Waals surface area contributed by atoms with Crippen LogP contribution in [-0.2, 0) is 14.3 Å². The quantitative estimate of drug-likeness (QED) is 0.143. The molecule has 0 aliphatic heterocycles. The second-order valence-corrected chi connectivity index (χ2v) is 5.60. The zero-order chi connectivity index (χ0) is 24.2. The van der Waals surface area contributed by atoms with E-state index in [-0.39, 0.29) is 0 Å². The van der Waals surface area contributed by atoms with Crippen LogP contribution in [0.1, 0.15) is 12.8 Å². The van der Waals surface area contributed by atoms with Gasteiger partial charge in [0.2, 0.25) is 6.29 Å². The number of rotatable bonds is 13. The summed E-state index contributed by atoms with van der Waals surface area (Å²) >= 11 is 0. The van der Waals surface area contributed by atoms with E-state index in [1.165, 1.54) is 0 Å². The Balaban J connectivity index is 5.13. The molecular formula is C14H14F12O4. The minimum absolute atomic E-state index is 0.625. The Hall–Kier alpha value is -1.71. The lowest BCUT2D eigenvalue weighted by atomic mass is 9.93. The van der Waals surface area contributed by atoms with E-state index < -0.39 is 74.4 Å². The number of carbonyl (C=O) groups excluding carboxylic acids is 1. The van der Waals surface area contributed by atoms with Crippen LogP contribution in [0.3, 0.4) is 0 Å². The highest BCUT2D eigenvalue weighted by Crippen LogP contribution is 2.58. The van der Waals surface area contributed by atoms with Crippen molar-refractivity contribution in [2.24, 2.45) is 0 Å². The second-order valence-electron chi connectivity index (χ2n) is 5.60. The van der Waals surface area contributed by atoms with Crippen LogP contribution in [0.15, 0.2) is 12.7 Å². The molecule has 0 aromatic heterocycles. The summed E-state index contributed by atoms with van der Waals surface area (Å²) in [5.74, 6) is -36.6. The van der Waals surface area contributed by atoms with Crippen molar-refractivity contribution < 1.29 is 72.1 Å². The molecule has 0 radical (unpaired) electrons. The molecule has 0 bridgehead atoms. The third-order valence-electron chi connectivity index (χ3n) is 3.43. The molecule has 0 rings (SSSR count). The highest BCUT2D eigenvalue weighted by atomic mass is 19.4. The lowest BCUT2D eigenvalue weighted by Gasteiger charge is -2.39. The summed E-state index contributed by atoms with van der Waals surface area (Å²) in [6.07, 6.45) is -9.85. The first-order valence-electron chi connectivity index (χ1n) is 7.55. The molecule has 0 spiro atoms. The molecule has 1 atom stereocenters. The van der Waals surface area contributed by atoms with Crippen LogP contribution in [0.4, 0.5) is 52.7 Å². The van der Waals surface area contributed by atoms with E-state index in [1.807, 2.05) is 0 Å². The number of hydrogen-bond donors (Lipinski definition) is 1. The molecule has 0 aromatic carbocycles. The standard InChI is InChI=1S/C14H14F12O4/c1-2-7(27)30-8(28)3-5-29-6-4-10(17,18)12(21,22)14(25,26)13(23,24)11(19,20)9(15)16/h2,8-9,28H,1,3-6H2. The van der Waals surface area contributed by atoms with Crippen molar-refractivity contribution in [3.8, 4) is 0 Å². The van der Waals surface area contributed by atoms with Crippen molar-refractivity contribution in [2.75, 3.05) is 13.2 Å². The van der Waals surface area contributed by atoms with Crippen LogP contribution in [0, 0.1) is 0 Å². The predicted octanol–water partition coefficient (Wildman–Crippen LogP) is 4.27. The number of esters is 1. The van der Waals surface area contributed by atoms with Gasteiger partial charge in [0.1, 0.15) is 0 Å². The Bertz CT molecular complexity index is 593. The normalized spacial score (nSPS) is 15.3. The number of hydrogen-bond acceptors (Lipinski definition) is 4. The highest BCUT2D eigenvalue weighted by Gasteiger charge is 2.87. The minimum atomic E-state index is -7.58. The largest absolute Gasteiger partial charge is 0.433 e. The van der Waals surface area contributed by atoms with Gasteiger partial charge in [-0.2, -0.15) is 43.9 Å². The zero-order valence-corrected chi connectivity index (χ0v) is 14.5. The van der Waals surface area contributed by atoms with Crippen LogP contribution >= 0.6 is 0 Å². The summed E-state index contributed by atoms with van der Waals surface area (Å²) in [5, 5.41) is 9.10. The summed E-state index contributed by atoms with van der Waals surface area (Å²) in [7, 11) is 0. The van der Waals surface area contributed by atoms with E-state index >= 15 is 0 Å². The van der Waals surface area contributed by atoms with Gasteiger partial charge in [0.15, 0.2) is 0 Å². The zero-order valence-electron chi connectivity index (χ0n) is 14.5.